The van der Waals surface area contributed by atoms with Crippen molar-refractivity contribution in [1.82, 2.24) is 0 Å². The monoisotopic (exact) mass is 281 g/mol. The predicted octanol–water partition coefficient (Wildman–Crippen LogP) is 3.91. The maximum absolute atomic E-state index is 10.7. The van der Waals surface area contributed by atoms with Crippen LogP contribution in [0.3, 0.4) is 0 Å². The number of hydrogen-bond acceptors (Lipinski definition) is 2. The molecular weight excluding hydrogens is 262 g/mol. The number of rotatable bonds is 4. The number of benzene rings is 2. The molecule has 0 unspecified atom stereocenters. The highest BCUT2D eigenvalue weighted by molar-refractivity contribution is 5.89. The van der Waals surface area contributed by atoms with E-state index < -0.39 is 5.97 Å². The highest BCUT2D eigenvalue weighted by Gasteiger charge is 2.06. The number of allylic oxidation sites excluding steroid dienone is 1. The molecule has 0 amide bonds. The van der Waals surface area contributed by atoms with E-state index in [1.807, 2.05) is 50.5 Å². The lowest BCUT2D eigenvalue weighted by Crippen LogP contribution is -2.09. The molecule has 0 spiro atoms. The van der Waals surface area contributed by atoms with Crippen LogP contribution in [0.2, 0.25) is 0 Å². The Bertz CT molecular complexity index is 670. The summed E-state index contributed by atoms with van der Waals surface area (Å²) in [5, 5.41) is 8.79. The van der Waals surface area contributed by atoms with Crippen LogP contribution in [0.15, 0.2) is 54.6 Å². The molecule has 2 rings (SSSR count). The summed E-state index contributed by atoms with van der Waals surface area (Å²) < 4.78 is 0. The molecular formula is C18H19NO2. The third-order valence-corrected chi connectivity index (χ3v) is 3.38. The lowest BCUT2D eigenvalue weighted by molar-refractivity contribution is -0.131. The number of carbonyl (C=O) groups is 1. The van der Waals surface area contributed by atoms with Crippen LogP contribution >= 0.6 is 0 Å². The molecule has 0 saturated heterocycles. The van der Waals surface area contributed by atoms with Crippen molar-refractivity contribution in [3.05, 3.63) is 60.2 Å². The van der Waals surface area contributed by atoms with Crippen LogP contribution in [-0.2, 0) is 4.79 Å². The lowest BCUT2D eigenvalue weighted by atomic mass is 9.99. The summed E-state index contributed by atoms with van der Waals surface area (Å²) in [6.45, 7) is 1.80. The summed E-state index contributed by atoms with van der Waals surface area (Å²) in [6, 6.07) is 16.2. The fourth-order valence-electron chi connectivity index (χ4n) is 2.29. The number of para-hydroxylation sites is 1. The van der Waals surface area contributed by atoms with E-state index >= 15 is 0 Å². The molecule has 0 aliphatic carbocycles. The second kappa shape index (κ2) is 6.27. The van der Waals surface area contributed by atoms with Crippen molar-refractivity contribution in [3.63, 3.8) is 0 Å². The first-order valence-electron chi connectivity index (χ1n) is 6.77. The van der Waals surface area contributed by atoms with E-state index in [0.717, 1.165) is 28.0 Å². The van der Waals surface area contributed by atoms with Gasteiger partial charge in [0, 0.05) is 31.4 Å². The SMILES string of the molecule is C/C(=C\C(=O)O)c1ccc(-c2ccccc2N(C)C)cc1. The first kappa shape index (κ1) is 14.9. The van der Waals surface area contributed by atoms with E-state index in [1.54, 1.807) is 6.92 Å². The summed E-state index contributed by atoms with van der Waals surface area (Å²) >= 11 is 0. The van der Waals surface area contributed by atoms with Crippen LogP contribution in [0.5, 0.6) is 0 Å². The third-order valence-electron chi connectivity index (χ3n) is 3.38. The van der Waals surface area contributed by atoms with Gasteiger partial charge >= 0.3 is 5.97 Å². The van der Waals surface area contributed by atoms with E-state index in [2.05, 4.69) is 17.0 Å². The van der Waals surface area contributed by atoms with E-state index in [9.17, 15) is 4.79 Å². The summed E-state index contributed by atoms with van der Waals surface area (Å²) in [5.41, 5.74) is 5.10. The number of hydrogen-bond donors (Lipinski definition) is 1. The van der Waals surface area contributed by atoms with Gasteiger partial charge in [0.1, 0.15) is 0 Å². The standard InChI is InChI=1S/C18H19NO2/c1-13(12-18(20)21)14-8-10-15(11-9-14)16-6-4-5-7-17(16)19(2)3/h4-12H,1-3H3,(H,20,21)/b13-12+. The van der Waals surface area contributed by atoms with Gasteiger partial charge in [0.15, 0.2) is 0 Å². The lowest BCUT2D eigenvalue weighted by Gasteiger charge is -2.17. The number of carboxylic acid groups (broad SMARTS) is 1. The van der Waals surface area contributed by atoms with Crippen molar-refractivity contribution in [2.24, 2.45) is 0 Å². The van der Waals surface area contributed by atoms with E-state index in [4.69, 9.17) is 5.11 Å². The number of carboxylic acids is 1. The molecule has 0 bridgehead atoms. The van der Waals surface area contributed by atoms with Crippen molar-refractivity contribution < 1.29 is 9.90 Å². The number of anilines is 1. The molecule has 3 heteroatoms. The minimum Gasteiger partial charge on any atom is -0.478 e. The molecule has 2 aromatic rings. The van der Waals surface area contributed by atoms with Gasteiger partial charge in [-0.05, 0) is 29.7 Å². The molecule has 108 valence electrons. The molecule has 0 heterocycles. The zero-order valence-corrected chi connectivity index (χ0v) is 12.5. The second-order valence-corrected chi connectivity index (χ2v) is 5.15. The molecule has 0 radical (unpaired) electrons. The maximum atomic E-state index is 10.7. The van der Waals surface area contributed by atoms with Crippen LogP contribution in [0.1, 0.15) is 12.5 Å². The summed E-state index contributed by atoms with van der Waals surface area (Å²) in [7, 11) is 4.04. The highest BCUT2D eigenvalue weighted by atomic mass is 16.4. The van der Waals surface area contributed by atoms with Crippen molar-refractivity contribution in [2.75, 3.05) is 19.0 Å². The van der Waals surface area contributed by atoms with Gasteiger partial charge in [-0.15, -0.1) is 0 Å². The van der Waals surface area contributed by atoms with E-state index in [0.29, 0.717) is 0 Å². The third kappa shape index (κ3) is 3.51. The summed E-state index contributed by atoms with van der Waals surface area (Å²) in [6.07, 6.45) is 1.22. The van der Waals surface area contributed by atoms with Gasteiger partial charge in [-0.2, -0.15) is 0 Å². The Hall–Kier alpha value is -2.55. The molecule has 0 fully saturated rings. The Morgan fingerprint density at radius 1 is 1.05 bits per heavy atom. The van der Waals surface area contributed by atoms with Crippen LogP contribution in [0.25, 0.3) is 16.7 Å². The first-order chi connectivity index (χ1) is 9.99. The fraction of sp³-hybridized carbons (Fsp3) is 0.167. The minimum absolute atomic E-state index is 0.745. The van der Waals surface area contributed by atoms with Gasteiger partial charge in [-0.3, -0.25) is 0 Å². The average molecular weight is 281 g/mol. The Morgan fingerprint density at radius 2 is 1.67 bits per heavy atom. The largest absolute Gasteiger partial charge is 0.478 e. The van der Waals surface area contributed by atoms with Crippen LogP contribution in [-0.4, -0.2) is 25.2 Å². The fourth-order valence-corrected chi connectivity index (χ4v) is 2.29. The minimum atomic E-state index is -0.922. The molecule has 2 aromatic carbocycles. The topological polar surface area (TPSA) is 40.5 Å². The van der Waals surface area contributed by atoms with Crippen molar-refractivity contribution in [1.29, 1.82) is 0 Å². The van der Waals surface area contributed by atoms with Gasteiger partial charge < -0.3 is 10.0 Å². The zero-order chi connectivity index (χ0) is 15.4. The van der Waals surface area contributed by atoms with Crippen LogP contribution in [0.4, 0.5) is 5.69 Å². The van der Waals surface area contributed by atoms with Gasteiger partial charge in [0.05, 0.1) is 0 Å². The van der Waals surface area contributed by atoms with Gasteiger partial charge in [-0.25, -0.2) is 4.79 Å². The molecule has 0 atom stereocenters. The smallest absolute Gasteiger partial charge is 0.328 e. The van der Waals surface area contributed by atoms with Gasteiger partial charge in [-0.1, -0.05) is 42.5 Å². The van der Waals surface area contributed by atoms with Crippen LogP contribution < -0.4 is 4.90 Å². The van der Waals surface area contributed by atoms with Gasteiger partial charge in [0.25, 0.3) is 0 Å². The Labute approximate surface area is 125 Å². The molecule has 0 aliphatic rings. The predicted molar refractivity (Wildman–Crippen MR) is 87.5 cm³/mol. The van der Waals surface area contributed by atoms with E-state index in [1.165, 1.54) is 6.08 Å². The Kier molecular flexibility index (Phi) is 4.43. The highest BCUT2D eigenvalue weighted by Crippen LogP contribution is 2.30. The van der Waals surface area contributed by atoms with Crippen molar-refractivity contribution in [3.8, 4) is 11.1 Å². The first-order valence-corrected chi connectivity index (χ1v) is 6.77. The molecule has 0 aliphatic heterocycles. The molecule has 1 N–H and O–H groups in total. The molecule has 3 nitrogen and oxygen atoms in total. The summed E-state index contributed by atoms with van der Waals surface area (Å²) in [4.78, 5) is 12.8. The number of nitrogens with zero attached hydrogens (tertiary/aromatic N) is 1. The average Bonchev–Trinajstić information content (AvgIpc) is 2.46. The zero-order valence-electron chi connectivity index (χ0n) is 12.5. The second-order valence-electron chi connectivity index (χ2n) is 5.15. The maximum Gasteiger partial charge on any atom is 0.328 e. The summed E-state index contributed by atoms with van der Waals surface area (Å²) in [5.74, 6) is -0.922. The molecule has 0 saturated carbocycles. The van der Waals surface area contributed by atoms with E-state index in [-0.39, 0.29) is 0 Å². The van der Waals surface area contributed by atoms with Crippen LogP contribution in [0, 0.1) is 0 Å². The molecule has 0 aromatic heterocycles. The van der Waals surface area contributed by atoms with Crippen molar-refractivity contribution >= 4 is 17.2 Å². The molecule has 21 heavy (non-hydrogen) atoms. The quantitative estimate of drug-likeness (QED) is 0.864. The normalized spacial score (nSPS) is 11.3. The Balaban J connectivity index is 2.38. The van der Waals surface area contributed by atoms with Gasteiger partial charge in [0.2, 0.25) is 0 Å². The van der Waals surface area contributed by atoms with Crippen molar-refractivity contribution in [2.45, 2.75) is 6.92 Å². The number of aliphatic carboxylic acids is 1. The Morgan fingerprint density at radius 3 is 2.24 bits per heavy atom.